The van der Waals surface area contributed by atoms with Crippen LogP contribution in [0.5, 0.6) is 0 Å². The molecule has 6 rings (SSSR count). The number of hydrogen-bond acceptors (Lipinski definition) is 4. The molecule has 27 heavy (non-hydrogen) atoms. The quantitative estimate of drug-likeness (QED) is 0.815. The summed E-state index contributed by atoms with van der Waals surface area (Å²) in [6.45, 7) is 2.99. The van der Waals surface area contributed by atoms with Crippen molar-refractivity contribution in [2.24, 2.45) is 23.2 Å². The lowest BCUT2D eigenvalue weighted by Crippen LogP contribution is -2.62. The molecule has 1 aromatic heterocycles. The van der Waals surface area contributed by atoms with Crippen LogP contribution >= 0.6 is 0 Å². The van der Waals surface area contributed by atoms with Crippen molar-refractivity contribution < 1.29 is 4.79 Å². The van der Waals surface area contributed by atoms with Crippen molar-refractivity contribution in [2.75, 3.05) is 33.7 Å². The fourth-order valence-corrected chi connectivity index (χ4v) is 7.44. The molecule has 6 heteroatoms. The molecule has 4 bridgehead atoms. The van der Waals surface area contributed by atoms with Gasteiger partial charge in [-0.3, -0.25) is 4.79 Å². The zero-order chi connectivity index (χ0) is 18.6. The maximum Gasteiger partial charge on any atom is 0.228 e. The Balaban J connectivity index is 1.40. The molecule has 0 spiro atoms. The molecule has 5 aliphatic rings. The summed E-state index contributed by atoms with van der Waals surface area (Å²) in [6.07, 6.45) is 12.8. The Morgan fingerprint density at radius 3 is 2.67 bits per heavy atom. The summed E-state index contributed by atoms with van der Waals surface area (Å²) < 4.78 is 2.11. The maximum absolute atomic E-state index is 13.9. The second-order valence-electron chi connectivity index (χ2n) is 10.3. The minimum Gasteiger partial charge on any atom is -0.342 e. The third-order valence-corrected chi connectivity index (χ3v) is 7.82. The van der Waals surface area contributed by atoms with Crippen LogP contribution in [0.25, 0.3) is 0 Å². The molecule has 0 radical (unpaired) electrons. The number of piperidine rings is 1. The molecule has 5 fully saturated rings. The number of rotatable bonds is 4. The van der Waals surface area contributed by atoms with Crippen molar-refractivity contribution in [3.05, 3.63) is 12.7 Å². The lowest BCUT2D eigenvalue weighted by Gasteiger charge is -2.61. The largest absolute Gasteiger partial charge is 0.342 e. The van der Waals surface area contributed by atoms with Gasteiger partial charge in [-0.25, -0.2) is 9.67 Å². The number of carbonyl (C=O) groups excluding carboxylic acids is 1. The number of hydrogen-bond donors (Lipinski definition) is 0. The average Bonchev–Trinajstić information content (AvgIpc) is 3.15. The van der Waals surface area contributed by atoms with Gasteiger partial charge in [0, 0.05) is 19.6 Å². The van der Waals surface area contributed by atoms with E-state index in [4.69, 9.17) is 0 Å². The van der Waals surface area contributed by atoms with Crippen molar-refractivity contribution in [1.82, 2.24) is 24.6 Å². The summed E-state index contributed by atoms with van der Waals surface area (Å²) in [6, 6.07) is 0. The topological polar surface area (TPSA) is 54.3 Å². The van der Waals surface area contributed by atoms with Gasteiger partial charge in [0.1, 0.15) is 12.7 Å². The molecule has 3 unspecified atom stereocenters. The second-order valence-corrected chi connectivity index (χ2v) is 10.3. The van der Waals surface area contributed by atoms with Gasteiger partial charge in [-0.2, -0.15) is 5.10 Å². The van der Waals surface area contributed by atoms with E-state index in [2.05, 4.69) is 38.7 Å². The van der Waals surface area contributed by atoms with Gasteiger partial charge in [0.05, 0.1) is 11.0 Å². The van der Waals surface area contributed by atoms with Gasteiger partial charge in [-0.05, 0) is 83.2 Å². The van der Waals surface area contributed by atoms with E-state index >= 15 is 0 Å². The summed E-state index contributed by atoms with van der Waals surface area (Å²) in [7, 11) is 4.28. The molecular weight excluding hydrogens is 338 g/mol. The predicted octanol–water partition coefficient (Wildman–Crippen LogP) is 2.37. The molecule has 3 atom stereocenters. The smallest absolute Gasteiger partial charge is 0.228 e. The van der Waals surface area contributed by atoms with Gasteiger partial charge in [-0.1, -0.05) is 0 Å². The molecule has 1 saturated heterocycles. The predicted molar refractivity (Wildman–Crippen MR) is 103 cm³/mol. The zero-order valence-corrected chi connectivity index (χ0v) is 16.8. The van der Waals surface area contributed by atoms with E-state index in [-0.39, 0.29) is 11.0 Å². The molecule has 0 aromatic carbocycles. The standard InChI is InChI=1S/C21H33N5O/c1-24(2)11-16-4-3-5-25(12-16)19(27)20-7-17-6-18(8-20)10-21(9-17,13-20)26-15-22-14-23-26/h14-18H,3-13H2,1-2H3. The maximum atomic E-state index is 13.9. The minimum absolute atomic E-state index is 0.0368. The van der Waals surface area contributed by atoms with Gasteiger partial charge in [0.15, 0.2) is 0 Å². The van der Waals surface area contributed by atoms with Gasteiger partial charge in [0.2, 0.25) is 5.91 Å². The van der Waals surface area contributed by atoms with Crippen LogP contribution < -0.4 is 0 Å². The van der Waals surface area contributed by atoms with Crippen molar-refractivity contribution in [1.29, 1.82) is 0 Å². The number of carbonyl (C=O) groups is 1. The Morgan fingerprint density at radius 2 is 2.00 bits per heavy atom. The van der Waals surface area contributed by atoms with E-state index in [9.17, 15) is 4.79 Å². The Bertz CT molecular complexity index is 685. The molecule has 148 valence electrons. The molecular formula is C21H33N5O. The highest BCUT2D eigenvalue weighted by Gasteiger charge is 2.62. The molecule has 0 N–H and O–H groups in total. The van der Waals surface area contributed by atoms with E-state index in [1.54, 1.807) is 6.33 Å². The Hall–Kier alpha value is -1.43. The third kappa shape index (κ3) is 2.91. The number of likely N-dealkylation sites (tertiary alicyclic amines) is 1. The molecule has 2 heterocycles. The lowest BCUT2D eigenvalue weighted by atomic mass is 9.46. The molecule has 4 saturated carbocycles. The Labute approximate surface area is 162 Å². The zero-order valence-electron chi connectivity index (χ0n) is 16.8. The van der Waals surface area contributed by atoms with Crippen molar-refractivity contribution >= 4 is 5.91 Å². The third-order valence-electron chi connectivity index (χ3n) is 7.82. The van der Waals surface area contributed by atoms with Crippen LogP contribution in [0.1, 0.15) is 51.4 Å². The van der Waals surface area contributed by atoms with Gasteiger partial charge in [-0.15, -0.1) is 0 Å². The van der Waals surface area contributed by atoms with Gasteiger partial charge < -0.3 is 9.80 Å². The van der Waals surface area contributed by atoms with E-state index in [1.807, 2.05) is 6.33 Å². The summed E-state index contributed by atoms with van der Waals surface area (Å²) in [5, 5.41) is 4.53. The minimum atomic E-state index is -0.143. The Morgan fingerprint density at radius 1 is 1.22 bits per heavy atom. The van der Waals surface area contributed by atoms with Crippen LogP contribution in [0.4, 0.5) is 0 Å². The molecule has 4 aliphatic carbocycles. The van der Waals surface area contributed by atoms with E-state index in [1.165, 1.54) is 25.7 Å². The average molecular weight is 372 g/mol. The van der Waals surface area contributed by atoms with Crippen LogP contribution in [0.2, 0.25) is 0 Å². The molecule has 6 nitrogen and oxygen atoms in total. The fourth-order valence-electron chi connectivity index (χ4n) is 7.44. The Kier molecular flexibility index (Phi) is 4.12. The van der Waals surface area contributed by atoms with E-state index in [0.717, 1.165) is 45.3 Å². The monoisotopic (exact) mass is 371 g/mol. The first-order valence-corrected chi connectivity index (χ1v) is 10.8. The van der Waals surface area contributed by atoms with Crippen LogP contribution in [0.15, 0.2) is 12.7 Å². The highest BCUT2D eigenvalue weighted by molar-refractivity contribution is 5.83. The number of nitrogens with zero attached hydrogens (tertiary/aromatic N) is 5. The molecule has 1 aromatic rings. The van der Waals surface area contributed by atoms with Crippen LogP contribution in [0, 0.1) is 23.2 Å². The highest BCUT2D eigenvalue weighted by Crippen LogP contribution is 2.64. The van der Waals surface area contributed by atoms with Gasteiger partial charge in [0.25, 0.3) is 0 Å². The fraction of sp³-hybridized carbons (Fsp3) is 0.857. The van der Waals surface area contributed by atoms with E-state index < -0.39 is 0 Å². The van der Waals surface area contributed by atoms with Crippen molar-refractivity contribution in [2.45, 2.75) is 56.9 Å². The SMILES string of the molecule is CN(C)CC1CCCN(C(=O)C23CC4CC(C2)CC(n2cncn2)(C4)C3)C1. The van der Waals surface area contributed by atoms with Crippen LogP contribution in [-0.4, -0.2) is 64.2 Å². The van der Waals surface area contributed by atoms with Crippen LogP contribution in [-0.2, 0) is 10.3 Å². The summed E-state index contributed by atoms with van der Waals surface area (Å²) in [5.74, 6) is 2.45. The number of aromatic nitrogens is 3. The van der Waals surface area contributed by atoms with Crippen molar-refractivity contribution in [3.63, 3.8) is 0 Å². The molecule has 1 amide bonds. The van der Waals surface area contributed by atoms with Gasteiger partial charge >= 0.3 is 0 Å². The summed E-state index contributed by atoms with van der Waals surface area (Å²) in [5.41, 5.74) is -0.106. The van der Waals surface area contributed by atoms with E-state index in [0.29, 0.717) is 23.7 Å². The summed E-state index contributed by atoms with van der Waals surface area (Å²) in [4.78, 5) is 22.6. The highest BCUT2D eigenvalue weighted by atomic mass is 16.2. The first-order chi connectivity index (χ1) is 13.0. The first-order valence-electron chi connectivity index (χ1n) is 10.8. The van der Waals surface area contributed by atoms with Crippen LogP contribution in [0.3, 0.4) is 0 Å². The normalized spacial score (nSPS) is 40.7. The first kappa shape index (κ1) is 17.7. The van der Waals surface area contributed by atoms with Crippen molar-refractivity contribution in [3.8, 4) is 0 Å². The number of amides is 1. The lowest BCUT2D eigenvalue weighted by molar-refractivity contribution is -0.168. The molecule has 1 aliphatic heterocycles. The second kappa shape index (κ2) is 6.29. The summed E-state index contributed by atoms with van der Waals surface area (Å²) >= 11 is 0.